The third kappa shape index (κ3) is 2.96. The van der Waals surface area contributed by atoms with Crippen LogP contribution in [-0.4, -0.2) is 37.1 Å². The summed E-state index contributed by atoms with van der Waals surface area (Å²) in [6.45, 7) is -0.443. The lowest BCUT2D eigenvalue weighted by atomic mass is 10.4. The molecule has 1 N–H and O–H groups in total. The van der Waals surface area contributed by atoms with Crippen LogP contribution in [0.1, 0.15) is 0 Å². The van der Waals surface area contributed by atoms with E-state index in [4.69, 9.17) is 9.84 Å². The topological polar surface area (TPSA) is 103 Å². The summed E-state index contributed by atoms with van der Waals surface area (Å²) in [7, 11) is -3.86. The molecule has 0 radical (unpaired) electrons. The number of benzene rings is 1. The highest BCUT2D eigenvalue weighted by Gasteiger charge is 2.28. The number of hydrogen-bond acceptors (Lipinski definition) is 7. The van der Waals surface area contributed by atoms with Gasteiger partial charge in [-0.05, 0) is 22.4 Å². The Balaban J connectivity index is 2.28. The first-order valence-electron chi connectivity index (χ1n) is 5.48. The maximum atomic E-state index is 12.3. The Morgan fingerprint density at radius 2 is 1.95 bits per heavy atom. The quantitative estimate of drug-likeness (QED) is 0.808. The van der Waals surface area contributed by atoms with E-state index >= 15 is 0 Å². The van der Waals surface area contributed by atoms with Gasteiger partial charge in [-0.1, -0.05) is 30.0 Å². The summed E-state index contributed by atoms with van der Waals surface area (Å²) in [5, 5.41) is 14.8. The van der Waals surface area contributed by atoms with E-state index in [1.807, 2.05) is 0 Å². The summed E-state index contributed by atoms with van der Waals surface area (Å²) < 4.78 is 34.0. The lowest BCUT2D eigenvalue weighted by Crippen LogP contribution is -2.06. The number of hydrogen-bond donors (Lipinski definition) is 1. The van der Waals surface area contributed by atoms with E-state index in [0.29, 0.717) is 0 Å². The predicted octanol–water partition coefficient (Wildman–Crippen LogP) is 0.277. The molecule has 0 saturated carbocycles. The van der Waals surface area contributed by atoms with Crippen LogP contribution in [-0.2, 0) is 9.84 Å². The molecule has 0 fully saturated rings. The number of aromatic nitrogens is 2. The van der Waals surface area contributed by atoms with Crippen LogP contribution < -0.4 is 4.74 Å². The van der Waals surface area contributed by atoms with Crippen molar-refractivity contribution in [3.8, 4) is 17.7 Å². The van der Waals surface area contributed by atoms with Crippen LogP contribution in [0.2, 0.25) is 0 Å². The van der Waals surface area contributed by atoms with Gasteiger partial charge in [0.25, 0.3) is 10.9 Å². The molecular formula is C12H10N2O5S. The molecule has 104 valence electrons. The molecule has 20 heavy (non-hydrogen) atoms. The Hall–Kier alpha value is -2.37. The van der Waals surface area contributed by atoms with Gasteiger partial charge in [0.1, 0.15) is 6.61 Å². The van der Waals surface area contributed by atoms with Gasteiger partial charge in [0.2, 0.25) is 9.84 Å². The van der Waals surface area contributed by atoms with Crippen molar-refractivity contribution >= 4 is 9.84 Å². The van der Waals surface area contributed by atoms with Gasteiger partial charge in [-0.15, -0.1) is 0 Å². The van der Waals surface area contributed by atoms with Crippen LogP contribution in [0, 0.1) is 11.8 Å². The number of sulfone groups is 1. The fourth-order valence-electron chi connectivity index (χ4n) is 1.35. The second-order valence-electron chi connectivity index (χ2n) is 3.49. The van der Waals surface area contributed by atoms with Crippen molar-refractivity contribution in [1.29, 1.82) is 0 Å². The van der Waals surface area contributed by atoms with Gasteiger partial charge in [0.05, 0.1) is 4.90 Å². The summed E-state index contributed by atoms with van der Waals surface area (Å²) >= 11 is 0. The third-order valence-corrected chi connectivity index (χ3v) is 3.87. The zero-order chi connectivity index (χ0) is 14.4. The van der Waals surface area contributed by atoms with Crippen molar-refractivity contribution in [2.75, 3.05) is 13.2 Å². The average molecular weight is 294 g/mol. The number of aliphatic hydroxyl groups excluding tert-OH is 1. The first kappa shape index (κ1) is 14.0. The highest BCUT2D eigenvalue weighted by molar-refractivity contribution is 7.91. The molecular weight excluding hydrogens is 284 g/mol. The van der Waals surface area contributed by atoms with E-state index < -0.39 is 14.9 Å². The molecule has 1 aromatic carbocycles. The van der Waals surface area contributed by atoms with E-state index in [2.05, 4.69) is 26.8 Å². The van der Waals surface area contributed by atoms with Crippen molar-refractivity contribution in [3.05, 3.63) is 30.3 Å². The van der Waals surface area contributed by atoms with E-state index in [0.717, 1.165) is 0 Å². The molecule has 2 aromatic rings. The Labute approximate surface area is 115 Å². The highest BCUT2D eigenvalue weighted by Crippen LogP contribution is 2.25. The summed E-state index contributed by atoms with van der Waals surface area (Å²) in [4.78, 5) is 0.0574. The molecule has 7 nitrogen and oxygen atoms in total. The lowest BCUT2D eigenvalue weighted by Gasteiger charge is -2.01. The second kappa shape index (κ2) is 6.18. The summed E-state index contributed by atoms with van der Waals surface area (Å²) in [5.74, 6) is 4.56. The third-order valence-electron chi connectivity index (χ3n) is 2.22. The Morgan fingerprint density at radius 1 is 1.20 bits per heavy atom. The van der Waals surface area contributed by atoms with Gasteiger partial charge in [0, 0.05) is 0 Å². The first-order valence-corrected chi connectivity index (χ1v) is 6.96. The van der Waals surface area contributed by atoms with E-state index in [1.165, 1.54) is 12.1 Å². The molecule has 8 heteroatoms. The normalized spacial score (nSPS) is 10.7. The molecule has 0 aliphatic rings. The summed E-state index contributed by atoms with van der Waals surface area (Å²) in [6, 6.07) is 7.74. The Kier molecular flexibility index (Phi) is 4.34. The van der Waals surface area contributed by atoms with Crippen LogP contribution in [0.4, 0.5) is 0 Å². The van der Waals surface area contributed by atoms with Crippen LogP contribution >= 0.6 is 0 Å². The smallest absolute Gasteiger partial charge is 0.296 e. The lowest BCUT2D eigenvalue weighted by molar-refractivity contribution is 0.271. The molecule has 0 atom stereocenters. The minimum Gasteiger partial charge on any atom is -0.460 e. The monoisotopic (exact) mass is 294 g/mol. The van der Waals surface area contributed by atoms with Crippen molar-refractivity contribution in [1.82, 2.24) is 10.3 Å². The number of ether oxygens (including phenoxy) is 1. The minimum atomic E-state index is -3.86. The molecule has 1 aromatic heterocycles. The molecule has 0 spiro atoms. The number of rotatable bonds is 4. The van der Waals surface area contributed by atoms with Crippen LogP contribution in [0.3, 0.4) is 0 Å². The van der Waals surface area contributed by atoms with Crippen molar-refractivity contribution in [2.24, 2.45) is 0 Å². The standard InChI is InChI=1S/C12H10N2O5S/c15-8-4-5-9-18-11-12(14-19-13-11)20(16,17)10-6-2-1-3-7-10/h1-3,6-7,15H,8-9H2. The fourth-order valence-corrected chi connectivity index (χ4v) is 2.54. The van der Waals surface area contributed by atoms with E-state index in [-0.39, 0.29) is 24.0 Å². The second-order valence-corrected chi connectivity index (χ2v) is 5.36. The number of nitrogens with zero attached hydrogens (tertiary/aromatic N) is 2. The minimum absolute atomic E-state index is 0.0574. The summed E-state index contributed by atoms with van der Waals surface area (Å²) in [5.41, 5.74) is 0. The molecule has 2 rings (SSSR count). The maximum absolute atomic E-state index is 12.3. The molecule has 1 heterocycles. The summed E-state index contributed by atoms with van der Waals surface area (Å²) in [6.07, 6.45) is 0. The van der Waals surface area contributed by atoms with Crippen LogP contribution in [0.15, 0.2) is 44.9 Å². The van der Waals surface area contributed by atoms with Crippen molar-refractivity contribution < 1.29 is 22.9 Å². The average Bonchev–Trinajstić information content (AvgIpc) is 2.94. The largest absolute Gasteiger partial charge is 0.460 e. The van der Waals surface area contributed by atoms with Crippen LogP contribution in [0.25, 0.3) is 0 Å². The van der Waals surface area contributed by atoms with Crippen molar-refractivity contribution in [3.63, 3.8) is 0 Å². The van der Waals surface area contributed by atoms with Gasteiger partial charge < -0.3 is 9.84 Å². The zero-order valence-corrected chi connectivity index (χ0v) is 11.0. The molecule has 0 unspecified atom stereocenters. The predicted molar refractivity (Wildman–Crippen MR) is 66.5 cm³/mol. The molecule has 0 aliphatic heterocycles. The van der Waals surface area contributed by atoms with Crippen LogP contribution in [0.5, 0.6) is 5.88 Å². The Bertz CT molecular complexity index is 728. The first-order chi connectivity index (χ1) is 9.66. The van der Waals surface area contributed by atoms with Gasteiger partial charge >= 0.3 is 0 Å². The molecule has 0 amide bonds. The molecule has 0 aliphatic carbocycles. The molecule has 0 bridgehead atoms. The van der Waals surface area contributed by atoms with E-state index in [1.54, 1.807) is 18.2 Å². The SMILES string of the molecule is O=S(=O)(c1ccccc1)c1nonc1OCC#CCO. The van der Waals surface area contributed by atoms with Gasteiger partial charge in [0.15, 0.2) is 6.61 Å². The highest BCUT2D eigenvalue weighted by atomic mass is 32.2. The zero-order valence-electron chi connectivity index (χ0n) is 10.2. The van der Waals surface area contributed by atoms with Gasteiger partial charge in [-0.3, -0.25) is 0 Å². The fraction of sp³-hybridized carbons (Fsp3) is 0.167. The molecule has 0 saturated heterocycles. The number of aliphatic hydroxyl groups is 1. The van der Waals surface area contributed by atoms with Gasteiger partial charge in [-0.25, -0.2) is 13.0 Å². The van der Waals surface area contributed by atoms with E-state index in [9.17, 15) is 8.42 Å². The Morgan fingerprint density at radius 3 is 2.65 bits per heavy atom. The van der Waals surface area contributed by atoms with Crippen molar-refractivity contribution in [2.45, 2.75) is 9.92 Å². The van der Waals surface area contributed by atoms with Gasteiger partial charge in [-0.2, -0.15) is 0 Å². The maximum Gasteiger partial charge on any atom is 0.296 e.